The predicted molar refractivity (Wildman–Crippen MR) is 97.5 cm³/mol. The Morgan fingerprint density at radius 2 is 2.23 bits per heavy atom. The molecule has 0 fully saturated rings. The number of nitrogens with zero attached hydrogens (tertiary/aromatic N) is 2. The summed E-state index contributed by atoms with van der Waals surface area (Å²) in [5, 5.41) is 0.842. The van der Waals surface area contributed by atoms with Gasteiger partial charge in [0.15, 0.2) is 0 Å². The highest BCUT2D eigenvalue weighted by atomic mass is 32.2. The Bertz CT molecular complexity index is 808. The molecule has 7 heteroatoms. The first-order valence-electron chi connectivity index (χ1n) is 7.57. The van der Waals surface area contributed by atoms with Crippen LogP contribution in [0.25, 0.3) is 10.2 Å². The zero-order valence-electron chi connectivity index (χ0n) is 12.3. The number of nitrogens with one attached hydrogen (secondary N) is 1. The second-order valence-corrected chi connectivity index (χ2v) is 9.06. The van der Waals surface area contributed by atoms with Gasteiger partial charge in [-0.15, -0.1) is 11.3 Å². The van der Waals surface area contributed by atoms with E-state index in [1.54, 1.807) is 34.9 Å². The molecule has 0 spiro atoms. The zero-order chi connectivity index (χ0) is 15.1. The van der Waals surface area contributed by atoms with Gasteiger partial charge >= 0.3 is 0 Å². The minimum absolute atomic E-state index is 0.0365. The molecule has 22 heavy (non-hydrogen) atoms. The van der Waals surface area contributed by atoms with Gasteiger partial charge in [0.25, 0.3) is 5.56 Å². The molecule has 0 amide bonds. The SMILES string of the molecule is CC1CSC(SCc2nc3sc4c(c3c(=O)[nH]2)CCCC4)=N1. The number of aromatic nitrogens is 2. The molecular formula is C15H17N3OS3. The lowest BCUT2D eigenvalue weighted by molar-refractivity contribution is 0.700. The normalized spacial score (nSPS) is 21.1. The number of aryl methyl sites for hydroxylation is 2. The Morgan fingerprint density at radius 3 is 3.05 bits per heavy atom. The molecule has 2 aromatic rings. The Labute approximate surface area is 141 Å². The van der Waals surface area contributed by atoms with E-state index in [-0.39, 0.29) is 5.56 Å². The van der Waals surface area contributed by atoms with Crippen molar-refractivity contribution in [2.24, 2.45) is 4.99 Å². The third-order valence-corrected chi connectivity index (χ3v) is 7.64. The van der Waals surface area contributed by atoms with Gasteiger partial charge in [-0.25, -0.2) is 4.98 Å². The van der Waals surface area contributed by atoms with Crippen LogP contribution >= 0.6 is 34.9 Å². The number of hydrogen-bond donors (Lipinski definition) is 1. The fraction of sp³-hybridized carbons (Fsp3) is 0.533. The molecule has 1 atom stereocenters. The number of hydrogen-bond acceptors (Lipinski definition) is 6. The predicted octanol–water partition coefficient (Wildman–Crippen LogP) is 3.59. The molecule has 1 aliphatic carbocycles. The van der Waals surface area contributed by atoms with Gasteiger partial charge in [-0.3, -0.25) is 9.79 Å². The molecule has 3 heterocycles. The molecule has 1 unspecified atom stereocenters. The molecule has 1 N–H and O–H groups in total. The maximum atomic E-state index is 12.4. The van der Waals surface area contributed by atoms with Crippen molar-refractivity contribution in [1.82, 2.24) is 9.97 Å². The summed E-state index contributed by atoms with van der Waals surface area (Å²) in [5.41, 5.74) is 1.29. The average Bonchev–Trinajstić information content (AvgIpc) is 3.08. The molecule has 2 aromatic heterocycles. The van der Waals surface area contributed by atoms with Crippen molar-refractivity contribution in [2.45, 2.75) is 44.4 Å². The number of aromatic amines is 1. The summed E-state index contributed by atoms with van der Waals surface area (Å²) in [4.78, 5) is 27.0. The zero-order valence-corrected chi connectivity index (χ0v) is 14.8. The second-order valence-electron chi connectivity index (χ2n) is 5.75. The first-order chi connectivity index (χ1) is 10.7. The van der Waals surface area contributed by atoms with Crippen LogP contribution in [0.1, 0.15) is 36.0 Å². The molecule has 4 rings (SSSR count). The van der Waals surface area contributed by atoms with E-state index in [1.165, 1.54) is 23.3 Å². The fourth-order valence-corrected chi connectivity index (χ4v) is 6.29. The van der Waals surface area contributed by atoms with Crippen LogP contribution in [0.5, 0.6) is 0 Å². The van der Waals surface area contributed by atoms with Crippen LogP contribution in [0.2, 0.25) is 0 Å². The Balaban J connectivity index is 1.63. The monoisotopic (exact) mass is 351 g/mol. The van der Waals surface area contributed by atoms with Gasteiger partial charge in [0.1, 0.15) is 15.0 Å². The van der Waals surface area contributed by atoms with Gasteiger partial charge in [0, 0.05) is 10.6 Å². The quantitative estimate of drug-likeness (QED) is 0.898. The fourth-order valence-electron chi connectivity index (χ4n) is 2.93. The lowest BCUT2D eigenvalue weighted by Gasteiger charge is -2.09. The smallest absolute Gasteiger partial charge is 0.259 e. The van der Waals surface area contributed by atoms with E-state index in [9.17, 15) is 4.79 Å². The summed E-state index contributed by atoms with van der Waals surface area (Å²) < 4.78 is 1.11. The highest BCUT2D eigenvalue weighted by Gasteiger charge is 2.20. The van der Waals surface area contributed by atoms with Crippen molar-refractivity contribution in [3.8, 4) is 0 Å². The first kappa shape index (κ1) is 14.8. The third kappa shape index (κ3) is 2.74. The van der Waals surface area contributed by atoms with Gasteiger partial charge < -0.3 is 4.98 Å². The summed E-state index contributed by atoms with van der Waals surface area (Å²) in [6, 6.07) is 0.408. The molecule has 4 nitrogen and oxygen atoms in total. The third-order valence-electron chi connectivity index (χ3n) is 3.98. The Kier molecular flexibility index (Phi) is 4.04. The topological polar surface area (TPSA) is 58.1 Å². The van der Waals surface area contributed by atoms with E-state index in [0.717, 1.165) is 39.0 Å². The largest absolute Gasteiger partial charge is 0.309 e. The molecular weight excluding hydrogens is 334 g/mol. The first-order valence-corrected chi connectivity index (χ1v) is 10.4. The molecule has 0 aromatic carbocycles. The van der Waals surface area contributed by atoms with Crippen molar-refractivity contribution in [3.63, 3.8) is 0 Å². The second kappa shape index (κ2) is 6.02. The van der Waals surface area contributed by atoms with Crippen molar-refractivity contribution >= 4 is 49.5 Å². The van der Waals surface area contributed by atoms with E-state index in [0.29, 0.717) is 11.8 Å². The Morgan fingerprint density at radius 1 is 1.36 bits per heavy atom. The number of thioether (sulfide) groups is 2. The molecule has 0 radical (unpaired) electrons. The van der Waals surface area contributed by atoms with Gasteiger partial charge in [-0.1, -0.05) is 23.5 Å². The number of aliphatic imine (C=N–C) groups is 1. The molecule has 2 aliphatic rings. The number of rotatable bonds is 2. The van der Waals surface area contributed by atoms with Gasteiger partial charge in [0.05, 0.1) is 17.2 Å². The minimum atomic E-state index is 0.0365. The van der Waals surface area contributed by atoms with Crippen LogP contribution in [0.15, 0.2) is 9.79 Å². The van der Waals surface area contributed by atoms with Crippen LogP contribution in [0.4, 0.5) is 0 Å². The molecule has 0 bridgehead atoms. The highest BCUT2D eigenvalue weighted by Crippen LogP contribution is 2.34. The van der Waals surface area contributed by atoms with Crippen molar-refractivity contribution in [3.05, 3.63) is 26.6 Å². The highest BCUT2D eigenvalue weighted by molar-refractivity contribution is 8.38. The number of H-pyrrole nitrogens is 1. The maximum absolute atomic E-state index is 12.4. The molecule has 0 saturated carbocycles. The van der Waals surface area contributed by atoms with E-state index in [1.807, 2.05) is 0 Å². The van der Waals surface area contributed by atoms with Gasteiger partial charge in [-0.2, -0.15) is 0 Å². The van der Waals surface area contributed by atoms with Crippen molar-refractivity contribution < 1.29 is 0 Å². The van der Waals surface area contributed by atoms with Crippen molar-refractivity contribution in [2.75, 3.05) is 5.75 Å². The lowest BCUT2D eigenvalue weighted by Crippen LogP contribution is -2.12. The molecule has 116 valence electrons. The van der Waals surface area contributed by atoms with E-state index in [4.69, 9.17) is 4.98 Å². The van der Waals surface area contributed by atoms with E-state index >= 15 is 0 Å². The van der Waals surface area contributed by atoms with Crippen LogP contribution in [-0.2, 0) is 18.6 Å². The van der Waals surface area contributed by atoms with Crippen LogP contribution in [0.3, 0.4) is 0 Å². The molecule has 1 aliphatic heterocycles. The van der Waals surface area contributed by atoms with E-state index in [2.05, 4.69) is 16.9 Å². The van der Waals surface area contributed by atoms with Gasteiger partial charge in [0.2, 0.25) is 0 Å². The van der Waals surface area contributed by atoms with Crippen LogP contribution in [0, 0.1) is 0 Å². The van der Waals surface area contributed by atoms with E-state index < -0.39 is 0 Å². The standard InChI is InChI=1S/C15H17N3OS3/c1-8-6-20-15(16-8)21-7-11-17-13(19)12-9-4-2-3-5-10(9)22-14(12)18-11/h8H,2-7H2,1H3,(H,17,18,19). The summed E-state index contributed by atoms with van der Waals surface area (Å²) in [7, 11) is 0. The number of fused-ring (bicyclic) bond motifs is 3. The lowest BCUT2D eigenvalue weighted by atomic mass is 9.97. The summed E-state index contributed by atoms with van der Waals surface area (Å²) >= 11 is 5.18. The van der Waals surface area contributed by atoms with Gasteiger partial charge in [-0.05, 0) is 38.2 Å². The average molecular weight is 352 g/mol. The maximum Gasteiger partial charge on any atom is 0.259 e. The van der Waals surface area contributed by atoms with Crippen LogP contribution in [-0.4, -0.2) is 26.1 Å². The molecule has 0 saturated heterocycles. The minimum Gasteiger partial charge on any atom is -0.309 e. The summed E-state index contributed by atoms with van der Waals surface area (Å²) in [5.74, 6) is 2.51. The summed E-state index contributed by atoms with van der Waals surface area (Å²) in [6.07, 6.45) is 4.55. The summed E-state index contributed by atoms with van der Waals surface area (Å²) in [6.45, 7) is 2.13. The Hall–Kier alpha value is -0.790. The van der Waals surface area contributed by atoms with Crippen LogP contribution < -0.4 is 5.56 Å². The van der Waals surface area contributed by atoms with Crippen molar-refractivity contribution in [1.29, 1.82) is 0 Å². The number of thiophene rings is 1.